The smallest absolute Gasteiger partial charge is 0.275 e. The van der Waals surface area contributed by atoms with E-state index in [1.807, 2.05) is 48.2 Å². The molecule has 1 aromatic carbocycles. The largest absolute Gasteiger partial charge is 0.464 e. The van der Waals surface area contributed by atoms with Crippen molar-refractivity contribution >= 4 is 17.5 Å². The quantitative estimate of drug-likeness (QED) is 0.736. The molecule has 1 aliphatic carbocycles. The maximum absolute atomic E-state index is 12.9. The number of hydrogen-bond donors (Lipinski definition) is 1. The second-order valence-corrected chi connectivity index (χ2v) is 6.73. The lowest BCUT2D eigenvalue weighted by molar-refractivity contribution is 0.0711. The van der Waals surface area contributed by atoms with Gasteiger partial charge in [0.2, 0.25) is 0 Å². The number of hydrogen-bond acceptors (Lipinski definition) is 3. The Labute approximate surface area is 150 Å². The van der Waals surface area contributed by atoms with Crippen LogP contribution in [-0.2, 0) is 6.54 Å². The lowest BCUT2D eigenvalue weighted by atomic mass is 10.1. The summed E-state index contributed by atoms with van der Waals surface area (Å²) in [4.78, 5) is 14.8. The van der Waals surface area contributed by atoms with Crippen LogP contribution in [0.15, 0.2) is 46.9 Å². The molecular weight excluding hydrogens is 338 g/mol. The first-order valence-electron chi connectivity index (χ1n) is 8.28. The molecule has 1 aliphatic rings. The molecule has 128 valence electrons. The number of H-pyrrole nitrogens is 1. The molecule has 1 amide bonds. The number of furan rings is 1. The zero-order chi connectivity index (χ0) is 17.4. The Bertz CT molecular complexity index is 911. The molecule has 0 aliphatic heterocycles. The van der Waals surface area contributed by atoms with Gasteiger partial charge in [0.05, 0.1) is 12.2 Å². The average molecular weight is 356 g/mol. The Morgan fingerprint density at radius 2 is 2.12 bits per heavy atom. The highest BCUT2D eigenvalue weighted by Crippen LogP contribution is 2.31. The number of rotatable bonds is 5. The van der Waals surface area contributed by atoms with Crippen molar-refractivity contribution in [1.29, 1.82) is 0 Å². The van der Waals surface area contributed by atoms with Gasteiger partial charge in [-0.2, -0.15) is 5.10 Å². The van der Waals surface area contributed by atoms with Gasteiger partial charge in [-0.1, -0.05) is 29.8 Å². The second kappa shape index (κ2) is 6.41. The summed E-state index contributed by atoms with van der Waals surface area (Å²) in [6.07, 6.45) is 2.04. The molecule has 4 rings (SSSR count). The number of aromatic nitrogens is 2. The van der Waals surface area contributed by atoms with E-state index in [1.165, 1.54) is 0 Å². The van der Waals surface area contributed by atoms with Crippen molar-refractivity contribution in [2.75, 3.05) is 0 Å². The van der Waals surface area contributed by atoms with Gasteiger partial charge < -0.3 is 9.32 Å². The van der Waals surface area contributed by atoms with E-state index in [2.05, 4.69) is 10.2 Å². The second-order valence-electron chi connectivity index (χ2n) is 6.32. The van der Waals surface area contributed by atoms with Crippen molar-refractivity contribution in [2.24, 2.45) is 0 Å². The molecule has 6 heteroatoms. The standard InChI is InChI=1S/C19H18ClN3O2/c1-12-6-9-14(25-12)11-23(13-7-8-13)19(24)18-10-17(21-22-18)15-4-2-3-5-16(15)20/h2-6,9-10,13H,7-8,11H2,1H3,(H,21,22). The molecule has 0 saturated heterocycles. The molecule has 1 N–H and O–H groups in total. The van der Waals surface area contributed by atoms with E-state index in [-0.39, 0.29) is 11.9 Å². The molecule has 0 atom stereocenters. The SMILES string of the molecule is Cc1ccc(CN(C(=O)c2cc(-c3ccccc3Cl)[nH]n2)C2CC2)o1. The number of carbonyl (C=O) groups excluding carboxylic acids is 1. The first-order chi connectivity index (χ1) is 12.1. The van der Waals surface area contributed by atoms with Crippen LogP contribution >= 0.6 is 11.6 Å². The summed E-state index contributed by atoms with van der Waals surface area (Å²) in [7, 11) is 0. The van der Waals surface area contributed by atoms with Gasteiger partial charge in [-0.25, -0.2) is 0 Å². The van der Waals surface area contributed by atoms with Crippen LogP contribution in [-0.4, -0.2) is 27.0 Å². The highest BCUT2D eigenvalue weighted by atomic mass is 35.5. The van der Waals surface area contributed by atoms with Crippen LogP contribution in [0, 0.1) is 6.92 Å². The van der Waals surface area contributed by atoms with Crippen LogP contribution in [0.3, 0.4) is 0 Å². The summed E-state index contributed by atoms with van der Waals surface area (Å²) < 4.78 is 5.63. The Kier molecular flexibility index (Phi) is 4.09. The van der Waals surface area contributed by atoms with E-state index in [0.717, 1.165) is 35.6 Å². The summed E-state index contributed by atoms with van der Waals surface area (Å²) in [5.41, 5.74) is 1.96. The van der Waals surface area contributed by atoms with Crippen molar-refractivity contribution in [3.63, 3.8) is 0 Å². The minimum Gasteiger partial charge on any atom is -0.464 e. The molecule has 3 aromatic rings. The number of carbonyl (C=O) groups is 1. The molecule has 5 nitrogen and oxygen atoms in total. The highest BCUT2D eigenvalue weighted by molar-refractivity contribution is 6.33. The number of nitrogens with zero attached hydrogens (tertiary/aromatic N) is 2. The summed E-state index contributed by atoms with van der Waals surface area (Å²) in [5.74, 6) is 1.55. The van der Waals surface area contributed by atoms with E-state index in [9.17, 15) is 4.79 Å². The van der Waals surface area contributed by atoms with Gasteiger partial charge in [-0.3, -0.25) is 9.89 Å². The van der Waals surface area contributed by atoms with Gasteiger partial charge in [-0.05, 0) is 44.0 Å². The maximum Gasteiger partial charge on any atom is 0.275 e. The normalized spacial score (nSPS) is 13.8. The summed E-state index contributed by atoms with van der Waals surface area (Å²) in [5, 5.41) is 7.75. The molecule has 0 bridgehead atoms. The summed E-state index contributed by atoms with van der Waals surface area (Å²) >= 11 is 6.22. The van der Waals surface area contributed by atoms with Crippen LogP contribution in [0.4, 0.5) is 0 Å². The lowest BCUT2D eigenvalue weighted by Gasteiger charge is -2.20. The van der Waals surface area contributed by atoms with Gasteiger partial charge in [0.15, 0.2) is 5.69 Å². The molecule has 2 aromatic heterocycles. The molecule has 2 heterocycles. The highest BCUT2D eigenvalue weighted by Gasteiger charge is 2.34. The van der Waals surface area contributed by atoms with Crippen LogP contribution in [0.5, 0.6) is 0 Å². The Balaban J connectivity index is 1.58. The van der Waals surface area contributed by atoms with Gasteiger partial charge in [0, 0.05) is 16.6 Å². The van der Waals surface area contributed by atoms with E-state index in [1.54, 1.807) is 6.07 Å². The van der Waals surface area contributed by atoms with Crippen molar-refractivity contribution < 1.29 is 9.21 Å². The van der Waals surface area contributed by atoms with E-state index < -0.39 is 0 Å². The van der Waals surface area contributed by atoms with Gasteiger partial charge in [0.25, 0.3) is 5.91 Å². The topological polar surface area (TPSA) is 62.1 Å². The fraction of sp³-hybridized carbons (Fsp3) is 0.263. The average Bonchev–Trinajstić information content (AvgIpc) is 3.17. The fourth-order valence-electron chi connectivity index (χ4n) is 2.89. The minimum atomic E-state index is -0.0916. The van der Waals surface area contributed by atoms with Crippen LogP contribution in [0.2, 0.25) is 5.02 Å². The number of aromatic amines is 1. The lowest BCUT2D eigenvalue weighted by Crippen LogP contribution is -2.32. The van der Waals surface area contributed by atoms with Crippen molar-refractivity contribution in [3.05, 3.63) is 64.7 Å². The third kappa shape index (κ3) is 3.33. The first kappa shape index (κ1) is 16.0. The van der Waals surface area contributed by atoms with Crippen molar-refractivity contribution in [1.82, 2.24) is 15.1 Å². The zero-order valence-corrected chi connectivity index (χ0v) is 14.6. The number of nitrogens with one attached hydrogen (secondary N) is 1. The van der Waals surface area contributed by atoms with Crippen molar-refractivity contribution in [3.8, 4) is 11.3 Å². The van der Waals surface area contributed by atoms with Crippen LogP contribution in [0.25, 0.3) is 11.3 Å². The minimum absolute atomic E-state index is 0.0916. The first-order valence-corrected chi connectivity index (χ1v) is 8.66. The number of halogens is 1. The van der Waals surface area contributed by atoms with E-state index in [4.69, 9.17) is 16.0 Å². The zero-order valence-electron chi connectivity index (χ0n) is 13.8. The molecule has 25 heavy (non-hydrogen) atoms. The molecule has 0 spiro atoms. The predicted octanol–water partition coefficient (Wildman–Crippen LogP) is 4.44. The Morgan fingerprint density at radius 1 is 1.32 bits per heavy atom. The third-order valence-electron chi connectivity index (χ3n) is 4.33. The maximum atomic E-state index is 12.9. The van der Waals surface area contributed by atoms with Crippen LogP contribution in [0.1, 0.15) is 34.9 Å². The molecule has 1 fully saturated rings. The van der Waals surface area contributed by atoms with Gasteiger partial charge in [0.1, 0.15) is 11.5 Å². The monoisotopic (exact) mass is 355 g/mol. The number of benzene rings is 1. The Morgan fingerprint density at radius 3 is 2.80 bits per heavy atom. The number of amides is 1. The molecule has 0 unspecified atom stereocenters. The van der Waals surface area contributed by atoms with E-state index in [0.29, 0.717) is 17.3 Å². The predicted molar refractivity (Wildman–Crippen MR) is 95.4 cm³/mol. The fourth-order valence-corrected chi connectivity index (χ4v) is 3.12. The number of aryl methyl sites for hydroxylation is 1. The molecule has 1 saturated carbocycles. The molecule has 0 radical (unpaired) electrons. The van der Waals surface area contributed by atoms with Crippen molar-refractivity contribution in [2.45, 2.75) is 32.4 Å². The molecular formula is C19H18ClN3O2. The van der Waals surface area contributed by atoms with E-state index >= 15 is 0 Å². The Hall–Kier alpha value is -2.53. The summed E-state index contributed by atoms with van der Waals surface area (Å²) in [6.45, 7) is 2.36. The third-order valence-corrected chi connectivity index (χ3v) is 4.66. The van der Waals surface area contributed by atoms with Gasteiger partial charge in [-0.15, -0.1) is 0 Å². The summed E-state index contributed by atoms with van der Waals surface area (Å²) in [6, 6.07) is 13.3. The van der Waals surface area contributed by atoms with Crippen LogP contribution < -0.4 is 0 Å². The van der Waals surface area contributed by atoms with Gasteiger partial charge >= 0.3 is 0 Å².